The summed E-state index contributed by atoms with van der Waals surface area (Å²) in [7, 11) is 0. The molecule has 0 aliphatic carbocycles. The number of nitrogens with one attached hydrogen (secondary N) is 1. The first-order chi connectivity index (χ1) is 16.1. The van der Waals surface area contributed by atoms with E-state index in [0.717, 1.165) is 16.7 Å². The highest BCUT2D eigenvalue weighted by Crippen LogP contribution is 2.45. The van der Waals surface area contributed by atoms with Crippen molar-refractivity contribution >= 4 is 17.6 Å². The van der Waals surface area contributed by atoms with Crippen LogP contribution in [0.5, 0.6) is 5.75 Å². The number of nitrogens with zero attached hydrogens (tertiary/aromatic N) is 2. The molecule has 0 radical (unpaired) electrons. The first-order valence-corrected chi connectivity index (χ1v) is 10.6. The van der Waals surface area contributed by atoms with Gasteiger partial charge in [0.05, 0.1) is 23.9 Å². The molecule has 0 bridgehead atoms. The van der Waals surface area contributed by atoms with Gasteiger partial charge >= 0.3 is 5.97 Å². The molecule has 3 aromatic carbocycles. The fourth-order valence-electron chi connectivity index (χ4n) is 4.21. The highest BCUT2D eigenvalue weighted by Gasteiger charge is 2.43. The average Bonchev–Trinajstić information content (AvgIpc) is 3.39. The molecule has 1 amide bonds. The number of ether oxygens (including phenoxy) is 1. The highest BCUT2D eigenvalue weighted by atomic mass is 16.5. The Hall–Kier alpha value is -4.39. The van der Waals surface area contributed by atoms with Gasteiger partial charge < -0.3 is 9.84 Å². The highest BCUT2D eigenvalue weighted by molar-refractivity contribution is 6.12. The van der Waals surface area contributed by atoms with Gasteiger partial charge in [0.1, 0.15) is 11.4 Å². The quantitative estimate of drug-likeness (QED) is 0.439. The van der Waals surface area contributed by atoms with E-state index >= 15 is 0 Å². The van der Waals surface area contributed by atoms with Crippen LogP contribution in [-0.4, -0.2) is 33.8 Å². The van der Waals surface area contributed by atoms with Crippen LogP contribution in [0, 0.1) is 0 Å². The molecular weight excluding hydrogens is 418 g/mol. The van der Waals surface area contributed by atoms with Gasteiger partial charge in [0.25, 0.3) is 5.91 Å². The number of aromatic amines is 1. The van der Waals surface area contributed by atoms with Crippen molar-refractivity contribution in [3.05, 3.63) is 101 Å². The summed E-state index contributed by atoms with van der Waals surface area (Å²) >= 11 is 0. The summed E-state index contributed by atoms with van der Waals surface area (Å²) < 4.78 is 5.06. The third-order valence-corrected chi connectivity index (χ3v) is 5.66. The summed E-state index contributed by atoms with van der Waals surface area (Å²) in [4.78, 5) is 27.2. The van der Waals surface area contributed by atoms with E-state index < -0.39 is 12.0 Å². The number of hydrogen-bond donors (Lipinski definition) is 2. The molecule has 2 heterocycles. The van der Waals surface area contributed by atoms with E-state index in [1.54, 1.807) is 54.3 Å². The number of esters is 1. The lowest BCUT2D eigenvalue weighted by Crippen LogP contribution is -2.29. The molecule has 4 aromatic rings. The maximum atomic E-state index is 13.5. The number of hydrogen-bond acceptors (Lipinski definition) is 5. The van der Waals surface area contributed by atoms with Crippen molar-refractivity contribution < 1.29 is 19.4 Å². The monoisotopic (exact) mass is 439 g/mol. The van der Waals surface area contributed by atoms with Crippen molar-refractivity contribution in [3.63, 3.8) is 0 Å². The fraction of sp³-hybridized carbons (Fsp3) is 0.115. The minimum atomic E-state index is -0.512. The predicted octanol–water partition coefficient (Wildman–Crippen LogP) is 4.71. The minimum Gasteiger partial charge on any atom is -0.508 e. The van der Waals surface area contributed by atoms with Crippen molar-refractivity contribution in [2.45, 2.75) is 13.0 Å². The van der Waals surface area contributed by atoms with Crippen LogP contribution < -0.4 is 4.90 Å². The molecule has 2 N–H and O–H groups in total. The van der Waals surface area contributed by atoms with Gasteiger partial charge in [-0.05, 0) is 48.9 Å². The Labute approximate surface area is 190 Å². The van der Waals surface area contributed by atoms with E-state index in [-0.39, 0.29) is 18.3 Å². The van der Waals surface area contributed by atoms with Crippen LogP contribution in [0.15, 0.2) is 78.9 Å². The summed E-state index contributed by atoms with van der Waals surface area (Å²) in [6.07, 6.45) is 0. The molecule has 0 spiro atoms. The van der Waals surface area contributed by atoms with E-state index in [0.29, 0.717) is 22.6 Å². The first-order valence-electron chi connectivity index (χ1n) is 10.6. The zero-order valence-corrected chi connectivity index (χ0v) is 17.9. The largest absolute Gasteiger partial charge is 0.508 e. The van der Waals surface area contributed by atoms with E-state index in [4.69, 9.17) is 4.74 Å². The molecule has 5 rings (SSSR count). The van der Waals surface area contributed by atoms with Crippen LogP contribution in [0.1, 0.15) is 44.9 Å². The Balaban J connectivity index is 1.64. The van der Waals surface area contributed by atoms with Crippen molar-refractivity contribution in [1.29, 1.82) is 0 Å². The molecule has 0 fully saturated rings. The van der Waals surface area contributed by atoms with E-state index in [9.17, 15) is 14.7 Å². The average molecular weight is 439 g/mol. The Kier molecular flexibility index (Phi) is 5.14. The molecule has 0 saturated heterocycles. The molecule has 33 heavy (non-hydrogen) atoms. The number of rotatable bonds is 5. The molecule has 164 valence electrons. The smallest absolute Gasteiger partial charge is 0.338 e. The fourth-order valence-corrected chi connectivity index (χ4v) is 4.21. The first kappa shape index (κ1) is 20.5. The van der Waals surface area contributed by atoms with Crippen LogP contribution in [0.2, 0.25) is 0 Å². The van der Waals surface area contributed by atoms with Gasteiger partial charge in [0.2, 0.25) is 0 Å². The molecule has 1 aliphatic heterocycles. The normalized spacial score (nSPS) is 14.9. The minimum absolute atomic E-state index is 0.107. The lowest BCUT2D eigenvalue weighted by molar-refractivity contribution is 0.0526. The lowest BCUT2D eigenvalue weighted by Gasteiger charge is -2.26. The van der Waals surface area contributed by atoms with Crippen molar-refractivity contribution in [2.75, 3.05) is 11.5 Å². The molecule has 7 nitrogen and oxygen atoms in total. The molecule has 0 saturated carbocycles. The number of H-pyrrole nitrogens is 1. The number of fused-ring (bicyclic) bond motifs is 1. The number of aromatic hydroxyl groups is 1. The second-order valence-electron chi connectivity index (χ2n) is 7.67. The number of amides is 1. The van der Waals surface area contributed by atoms with Gasteiger partial charge in [-0.25, -0.2) is 4.79 Å². The second-order valence-corrected chi connectivity index (χ2v) is 7.67. The number of phenols is 1. The van der Waals surface area contributed by atoms with E-state index in [1.165, 1.54) is 0 Å². The number of aromatic nitrogens is 2. The number of benzene rings is 3. The summed E-state index contributed by atoms with van der Waals surface area (Å²) in [6.45, 7) is 2.04. The van der Waals surface area contributed by atoms with Gasteiger partial charge in [-0.2, -0.15) is 5.10 Å². The van der Waals surface area contributed by atoms with Gasteiger partial charge in [0.15, 0.2) is 0 Å². The molecular formula is C26H21N3O4. The van der Waals surface area contributed by atoms with Crippen LogP contribution in [0.25, 0.3) is 11.3 Å². The number of carbonyl (C=O) groups excluding carboxylic acids is 2. The Bertz CT molecular complexity index is 1330. The van der Waals surface area contributed by atoms with Crippen LogP contribution >= 0.6 is 0 Å². The van der Waals surface area contributed by atoms with Crippen molar-refractivity contribution in [2.24, 2.45) is 0 Å². The van der Waals surface area contributed by atoms with Gasteiger partial charge in [0, 0.05) is 16.8 Å². The zero-order valence-electron chi connectivity index (χ0n) is 17.9. The molecule has 7 heteroatoms. The van der Waals surface area contributed by atoms with E-state index in [2.05, 4.69) is 10.2 Å². The predicted molar refractivity (Wildman–Crippen MR) is 123 cm³/mol. The van der Waals surface area contributed by atoms with Crippen LogP contribution in [0.4, 0.5) is 5.69 Å². The zero-order chi connectivity index (χ0) is 22.9. The number of phenolic OH excluding ortho intramolecular Hbond substituents is 1. The summed E-state index contributed by atoms with van der Waals surface area (Å²) in [5.74, 6) is -0.546. The SMILES string of the molecule is CCOC(=O)c1ccc(N2C(=O)c3[nH]nc(-c4ccccc4)c3[C@@H]2c2cccc(O)c2)cc1. The Morgan fingerprint density at radius 2 is 1.82 bits per heavy atom. The van der Waals surface area contributed by atoms with Crippen LogP contribution in [0.3, 0.4) is 0 Å². The summed E-state index contributed by atoms with van der Waals surface area (Å²) in [5, 5.41) is 17.5. The standard InChI is InChI=1S/C26H21N3O4/c1-2-33-26(32)17-11-13-19(14-12-17)29-24(18-9-6-10-20(30)15-18)21-22(16-7-4-3-5-8-16)27-28-23(21)25(29)31/h3-15,24,30H,2H2,1H3,(H,27,28)/t24-/m0/s1. The van der Waals surface area contributed by atoms with Crippen LogP contribution in [-0.2, 0) is 4.74 Å². The third kappa shape index (κ3) is 3.53. The van der Waals surface area contributed by atoms with Crippen molar-refractivity contribution in [1.82, 2.24) is 10.2 Å². The van der Waals surface area contributed by atoms with E-state index in [1.807, 2.05) is 36.4 Å². The topological polar surface area (TPSA) is 95.5 Å². The molecule has 0 unspecified atom stereocenters. The number of anilines is 1. The summed E-state index contributed by atoms with van der Waals surface area (Å²) in [5.41, 5.74) is 4.47. The Morgan fingerprint density at radius 3 is 2.52 bits per heavy atom. The maximum absolute atomic E-state index is 13.5. The summed E-state index contributed by atoms with van der Waals surface area (Å²) in [6, 6.07) is 22.7. The second kappa shape index (κ2) is 8.27. The molecule has 1 aliphatic rings. The lowest BCUT2D eigenvalue weighted by atomic mass is 9.95. The maximum Gasteiger partial charge on any atom is 0.338 e. The molecule has 1 atom stereocenters. The Morgan fingerprint density at radius 1 is 1.06 bits per heavy atom. The van der Waals surface area contributed by atoms with Gasteiger partial charge in [-0.1, -0.05) is 42.5 Å². The third-order valence-electron chi connectivity index (χ3n) is 5.66. The van der Waals surface area contributed by atoms with Gasteiger partial charge in [-0.15, -0.1) is 0 Å². The van der Waals surface area contributed by atoms with Gasteiger partial charge in [-0.3, -0.25) is 14.8 Å². The molecule has 1 aromatic heterocycles. The number of carbonyl (C=O) groups is 2. The van der Waals surface area contributed by atoms with Crippen molar-refractivity contribution in [3.8, 4) is 17.0 Å².